The number of hydrogen-bond acceptors (Lipinski definition) is 6. The number of benzene rings is 1. The van der Waals surface area contributed by atoms with Crippen molar-refractivity contribution in [2.24, 2.45) is 0 Å². The van der Waals surface area contributed by atoms with Gasteiger partial charge in [-0.05, 0) is 18.2 Å². The van der Waals surface area contributed by atoms with Crippen molar-refractivity contribution in [1.29, 1.82) is 0 Å². The van der Waals surface area contributed by atoms with E-state index in [0.717, 1.165) is 0 Å². The number of para-hydroxylation sites is 2. The maximum atomic E-state index is 11.9. The number of nitrogens with zero attached hydrogens (tertiary/aromatic N) is 2. The van der Waals surface area contributed by atoms with Crippen LogP contribution in [-0.4, -0.2) is 36.1 Å². The van der Waals surface area contributed by atoms with Crippen LogP contribution in [0.15, 0.2) is 47.1 Å². The van der Waals surface area contributed by atoms with Gasteiger partial charge in [-0.25, -0.2) is 0 Å². The number of anilines is 1. The molecule has 23 heavy (non-hydrogen) atoms. The van der Waals surface area contributed by atoms with Gasteiger partial charge in [-0.15, -0.1) is 0 Å². The van der Waals surface area contributed by atoms with Gasteiger partial charge >= 0.3 is 0 Å². The molecule has 1 heterocycles. The summed E-state index contributed by atoms with van der Waals surface area (Å²) >= 11 is 0. The number of aliphatic hydroxyl groups is 1. The first kappa shape index (κ1) is 16.5. The molecule has 0 radical (unpaired) electrons. The SMILES string of the molecule is CN(CC(=O)NCC(O)c1ccco1)c1ccccc1[N+](=O)[O-]. The number of nitro groups is 1. The smallest absolute Gasteiger partial charge is 0.292 e. The van der Waals surface area contributed by atoms with E-state index in [2.05, 4.69) is 5.32 Å². The Morgan fingerprint density at radius 3 is 2.78 bits per heavy atom. The number of aliphatic hydroxyl groups excluding tert-OH is 1. The van der Waals surface area contributed by atoms with E-state index in [-0.39, 0.29) is 24.7 Å². The van der Waals surface area contributed by atoms with Crippen LogP contribution >= 0.6 is 0 Å². The van der Waals surface area contributed by atoms with E-state index in [1.165, 1.54) is 17.2 Å². The first-order valence-electron chi connectivity index (χ1n) is 6.91. The van der Waals surface area contributed by atoms with Gasteiger partial charge in [0.2, 0.25) is 5.91 Å². The number of rotatable bonds is 7. The zero-order chi connectivity index (χ0) is 16.8. The summed E-state index contributed by atoms with van der Waals surface area (Å²) in [5, 5.41) is 23.4. The molecule has 2 rings (SSSR count). The number of likely N-dealkylation sites (N-methyl/N-ethyl adjacent to an activating group) is 1. The van der Waals surface area contributed by atoms with Gasteiger partial charge in [-0.1, -0.05) is 12.1 Å². The van der Waals surface area contributed by atoms with Crippen molar-refractivity contribution >= 4 is 17.3 Å². The summed E-state index contributed by atoms with van der Waals surface area (Å²) in [5.41, 5.74) is 0.276. The molecule has 0 spiro atoms. The second-order valence-corrected chi connectivity index (χ2v) is 4.94. The van der Waals surface area contributed by atoms with Crippen molar-refractivity contribution in [2.75, 3.05) is 25.0 Å². The van der Waals surface area contributed by atoms with E-state index in [4.69, 9.17) is 4.42 Å². The fraction of sp³-hybridized carbons (Fsp3) is 0.267. The minimum atomic E-state index is -0.940. The van der Waals surface area contributed by atoms with Crippen molar-refractivity contribution < 1.29 is 19.2 Å². The van der Waals surface area contributed by atoms with E-state index in [9.17, 15) is 20.0 Å². The molecule has 8 nitrogen and oxygen atoms in total. The van der Waals surface area contributed by atoms with Gasteiger partial charge in [0.1, 0.15) is 17.6 Å². The quantitative estimate of drug-likeness (QED) is 0.591. The van der Waals surface area contributed by atoms with Crippen LogP contribution in [0.25, 0.3) is 0 Å². The molecule has 1 aromatic carbocycles. The molecule has 0 bridgehead atoms. The Balaban J connectivity index is 1.91. The Kier molecular flexibility index (Phi) is 5.32. The second-order valence-electron chi connectivity index (χ2n) is 4.94. The number of carbonyl (C=O) groups is 1. The standard InChI is InChI=1S/C15H17N3O5/c1-17(11-5-2-3-6-12(11)18(21)22)10-15(20)16-9-13(19)14-7-4-8-23-14/h2-8,13,19H,9-10H2,1H3,(H,16,20). The summed E-state index contributed by atoms with van der Waals surface area (Å²) in [6.07, 6.45) is 0.494. The molecule has 0 saturated heterocycles. The van der Waals surface area contributed by atoms with Crippen molar-refractivity contribution in [3.8, 4) is 0 Å². The van der Waals surface area contributed by atoms with Crippen LogP contribution in [0.4, 0.5) is 11.4 Å². The molecule has 1 unspecified atom stereocenters. The summed E-state index contributed by atoms with van der Waals surface area (Å²) in [7, 11) is 1.59. The molecule has 8 heteroatoms. The van der Waals surface area contributed by atoms with Gasteiger partial charge in [0.25, 0.3) is 5.69 Å². The molecular formula is C15H17N3O5. The number of furan rings is 1. The predicted octanol–water partition coefficient (Wildman–Crippen LogP) is 1.47. The molecule has 122 valence electrons. The fourth-order valence-electron chi connectivity index (χ4n) is 2.09. The van der Waals surface area contributed by atoms with Crippen molar-refractivity contribution in [3.05, 3.63) is 58.5 Å². The average molecular weight is 319 g/mol. The zero-order valence-electron chi connectivity index (χ0n) is 12.5. The largest absolute Gasteiger partial charge is 0.467 e. The van der Waals surface area contributed by atoms with Gasteiger partial charge in [0.15, 0.2) is 0 Å². The average Bonchev–Trinajstić information content (AvgIpc) is 3.07. The van der Waals surface area contributed by atoms with Crippen molar-refractivity contribution in [3.63, 3.8) is 0 Å². The number of carbonyl (C=O) groups excluding carboxylic acids is 1. The van der Waals surface area contributed by atoms with E-state index >= 15 is 0 Å². The topological polar surface area (TPSA) is 109 Å². The summed E-state index contributed by atoms with van der Waals surface area (Å²) in [5.74, 6) is -0.00592. The first-order valence-corrected chi connectivity index (χ1v) is 6.91. The Hall–Kier alpha value is -2.87. The minimum Gasteiger partial charge on any atom is -0.467 e. The molecule has 0 aliphatic carbocycles. The van der Waals surface area contributed by atoms with Crippen LogP contribution < -0.4 is 10.2 Å². The number of amides is 1. The molecular weight excluding hydrogens is 302 g/mol. The third-order valence-electron chi connectivity index (χ3n) is 3.23. The number of nitrogens with one attached hydrogen (secondary N) is 1. The lowest BCUT2D eigenvalue weighted by atomic mass is 10.2. The van der Waals surface area contributed by atoms with Crippen LogP contribution in [-0.2, 0) is 4.79 Å². The molecule has 2 aromatic rings. The van der Waals surface area contributed by atoms with Crippen LogP contribution in [0, 0.1) is 10.1 Å². The molecule has 1 aromatic heterocycles. The van der Waals surface area contributed by atoms with Crippen LogP contribution in [0.3, 0.4) is 0 Å². The fourth-order valence-corrected chi connectivity index (χ4v) is 2.09. The molecule has 0 fully saturated rings. The highest BCUT2D eigenvalue weighted by molar-refractivity contribution is 5.82. The highest BCUT2D eigenvalue weighted by Gasteiger charge is 2.18. The highest BCUT2D eigenvalue weighted by atomic mass is 16.6. The lowest BCUT2D eigenvalue weighted by Gasteiger charge is -2.19. The molecule has 0 aliphatic heterocycles. The van der Waals surface area contributed by atoms with Gasteiger partial charge in [-0.3, -0.25) is 14.9 Å². The Bertz CT molecular complexity index is 672. The summed E-state index contributed by atoms with van der Waals surface area (Å²) in [6, 6.07) is 9.43. The Morgan fingerprint density at radius 2 is 2.13 bits per heavy atom. The molecule has 0 saturated carbocycles. The molecule has 1 amide bonds. The van der Waals surface area contributed by atoms with Crippen LogP contribution in [0.5, 0.6) is 0 Å². The number of hydrogen-bond donors (Lipinski definition) is 2. The van der Waals surface area contributed by atoms with Crippen molar-refractivity contribution in [1.82, 2.24) is 5.32 Å². The van der Waals surface area contributed by atoms with E-state index < -0.39 is 11.0 Å². The monoisotopic (exact) mass is 319 g/mol. The third-order valence-corrected chi connectivity index (χ3v) is 3.23. The van der Waals surface area contributed by atoms with E-state index in [1.807, 2.05) is 0 Å². The van der Waals surface area contributed by atoms with Gasteiger partial charge in [0, 0.05) is 13.1 Å². The third kappa shape index (κ3) is 4.30. The summed E-state index contributed by atoms with van der Waals surface area (Å²) < 4.78 is 5.03. The lowest BCUT2D eigenvalue weighted by Crippen LogP contribution is -2.37. The first-order chi connectivity index (χ1) is 11.0. The maximum absolute atomic E-state index is 11.9. The summed E-state index contributed by atoms with van der Waals surface area (Å²) in [6.45, 7) is -0.0766. The molecule has 0 aliphatic rings. The van der Waals surface area contributed by atoms with Gasteiger partial charge in [0.05, 0.1) is 24.3 Å². The molecule has 1 atom stereocenters. The normalized spacial score (nSPS) is 11.7. The van der Waals surface area contributed by atoms with Crippen molar-refractivity contribution in [2.45, 2.75) is 6.10 Å². The van der Waals surface area contributed by atoms with Gasteiger partial charge < -0.3 is 19.7 Å². The minimum absolute atomic E-state index is 0.00291. The van der Waals surface area contributed by atoms with Crippen LogP contribution in [0.2, 0.25) is 0 Å². The van der Waals surface area contributed by atoms with Gasteiger partial charge in [-0.2, -0.15) is 0 Å². The zero-order valence-corrected chi connectivity index (χ0v) is 12.5. The Labute approximate surface area is 132 Å². The van der Waals surface area contributed by atoms with E-state index in [1.54, 1.807) is 37.4 Å². The number of nitro benzene ring substituents is 1. The highest BCUT2D eigenvalue weighted by Crippen LogP contribution is 2.26. The maximum Gasteiger partial charge on any atom is 0.292 e. The van der Waals surface area contributed by atoms with E-state index in [0.29, 0.717) is 11.4 Å². The lowest BCUT2D eigenvalue weighted by molar-refractivity contribution is -0.384. The second kappa shape index (κ2) is 7.41. The summed E-state index contributed by atoms with van der Waals surface area (Å²) in [4.78, 5) is 23.9. The predicted molar refractivity (Wildman–Crippen MR) is 83.0 cm³/mol. The van der Waals surface area contributed by atoms with Crippen LogP contribution in [0.1, 0.15) is 11.9 Å². The Morgan fingerprint density at radius 1 is 1.39 bits per heavy atom. The molecule has 2 N–H and O–H groups in total.